The maximum atomic E-state index is 12.1. The van der Waals surface area contributed by atoms with E-state index in [4.69, 9.17) is 5.26 Å². The zero-order chi connectivity index (χ0) is 17.2. The molecule has 1 heterocycles. The fraction of sp³-hybridized carbons (Fsp3) is 0.450. The highest BCUT2D eigenvalue weighted by Gasteiger charge is 2.28. The minimum absolute atomic E-state index is 0.0840. The number of benzene rings is 1. The zero-order valence-corrected chi connectivity index (χ0v) is 14.3. The smallest absolute Gasteiger partial charge is 0.267 e. The number of nitriles is 1. The molecule has 3 rings (SSSR count). The molecule has 0 saturated heterocycles. The van der Waals surface area contributed by atoms with Crippen LogP contribution in [0.15, 0.2) is 41.2 Å². The van der Waals surface area contributed by atoms with Crippen molar-refractivity contribution in [2.45, 2.75) is 52.0 Å². The minimum atomic E-state index is -0.0840. The maximum Gasteiger partial charge on any atom is 0.267 e. The molecule has 0 amide bonds. The molecule has 1 aliphatic carbocycles. The summed E-state index contributed by atoms with van der Waals surface area (Å²) in [5.74, 6) is 0.450. The molecule has 4 heteroatoms. The van der Waals surface area contributed by atoms with Gasteiger partial charge in [-0.25, -0.2) is 4.68 Å². The highest BCUT2D eigenvalue weighted by Crippen LogP contribution is 2.41. The van der Waals surface area contributed by atoms with E-state index in [0.717, 1.165) is 24.1 Å². The molecule has 0 N–H and O–H groups in total. The number of hydrogen-bond donors (Lipinski definition) is 0. The Kier molecular flexibility index (Phi) is 4.53. The van der Waals surface area contributed by atoms with Gasteiger partial charge in [-0.1, -0.05) is 26.0 Å². The number of aromatic nitrogens is 2. The van der Waals surface area contributed by atoms with Crippen LogP contribution in [0.2, 0.25) is 0 Å². The molecular formula is C20H23N3O. The molecule has 0 unspecified atom stereocenters. The molecule has 1 aromatic carbocycles. The average molecular weight is 321 g/mol. The van der Waals surface area contributed by atoms with Gasteiger partial charge in [-0.2, -0.15) is 10.4 Å². The third-order valence-corrected chi connectivity index (χ3v) is 5.06. The van der Waals surface area contributed by atoms with Crippen molar-refractivity contribution in [2.75, 3.05) is 0 Å². The summed E-state index contributed by atoms with van der Waals surface area (Å²) < 4.78 is 1.54. The Bertz CT molecular complexity index is 802. The van der Waals surface area contributed by atoms with Gasteiger partial charge in [0.05, 0.1) is 23.9 Å². The van der Waals surface area contributed by atoms with Gasteiger partial charge in [0, 0.05) is 12.0 Å². The monoisotopic (exact) mass is 321 g/mol. The van der Waals surface area contributed by atoms with Crippen LogP contribution in [0.3, 0.4) is 0 Å². The summed E-state index contributed by atoms with van der Waals surface area (Å²) in [5.41, 5.74) is 2.97. The molecule has 1 aromatic heterocycles. The van der Waals surface area contributed by atoms with E-state index in [0.29, 0.717) is 23.4 Å². The van der Waals surface area contributed by atoms with E-state index in [1.807, 2.05) is 18.2 Å². The van der Waals surface area contributed by atoms with Crippen LogP contribution < -0.4 is 5.56 Å². The van der Waals surface area contributed by atoms with Gasteiger partial charge in [-0.15, -0.1) is 0 Å². The van der Waals surface area contributed by atoms with Crippen molar-refractivity contribution in [1.29, 1.82) is 5.26 Å². The van der Waals surface area contributed by atoms with Crippen LogP contribution in [0.1, 0.15) is 62.3 Å². The molecule has 0 radical (unpaired) electrons. The molecule has 0 bridgehead atoms. The Morgan fingerprint density at radius 2 is 1.83 bits per heavy atom. The van der Waals surface area contributed by atoms with E-state index in [1.54, 1.807) is 18.2 Å². The Labute approximate surface area is 142 Å². The van der Waals surface area contributed by atoms with Crippen molar-refractivity contribution >= 4 is 0 Å². The summed E-state index contributed by atoms with van der Waals surface area (Å²) in [7, 11) is 0. The normalized spacial score (nSPS) is 17.4. The third kappa shape index (κ3) is 3.73. The van der Waals surface area contributed by atoms with Crippen molar-refractivity contribution in [3.63, 3.8) is 0 Å². The first-order valence-corrected chi connectivity index (χ1v) is 8.54. The molecule has 24 heavy (non-hydrogen) atoms. The summed E-state index contributed by atoms with van der Waals surface area (Å²) in [6.45, 7) is 5.08. The van der Waals surface area contributed by atoms with Crippen LogP contribution in [0.25, 0.3) is 0 Å². The van der Waals surface area contributed by atoms with Crippen LogP contribution in [-0.2, 0) is 6.54 Å². The molecule has 0 atom stereocenters. The van der Waals surface area contributed by atoms with Gasteiger partial charge in [-0.3, -0.25) is 4.79 Å². The lowest BCUT2D eigenvalue weighted by Gasteiger charge is -2.34. The fourth-order valence-corrected chi connectivity index (χ4v) is 3.35. The summed E-state index contributed by atoms with van der Waals surface area (Å²) in [5, 5.41) is 13.5. The molecule has 0 spiro atoms. The van der Waals surface area contributed by atoms with Crippen LogP contribution in [-0.4, -0.2) is 9.78 Å². The second-order valence-electron chi connectivity index (χ2n) is 7.50. The van der Waals surface area contributed by atoms with Gasteiger partial charge in [0.1, 0.15) is 0 Å². The minimum Gasteiger partial charge on any atom is -0.268 e. The zero-order valence-electron chi connectivity index (χ0n) is 14.3. The predicted molar refractivity (Wildman–Crippen MR) is 93.7 cm³/mol. The molecule has 1 fully saturated rings. The summed E-state index contributed by atoms with van der Waals surface area (Å²) >= 11 is 0. The van der Waals surface area contributed by atoms with Gasteiger partial charge in [0.25, 0.3) is 5.56 Å². The molecule has 1 saturated carbocycles. The first-order valence-electron chi connectivity index (χ1n) is 8.54. The first-order chi connectivity index (χ1) is 11.5. The molecule has 0 aliphatic heterocycles. The van der Waals surface area contributed by atoms with Crippen molar-refractivity contribution in [3.05, 3.63) is 63.6 Å². The van der Waals surface area contributed by atoms with E-state index in [2.05, 4.69) is 25.0 Å². The Morgan fingerprint density at radius 1 is 1.17 bits per heavy atom. The summed E-state index contributed by atoms with van der Waals surface area (Å²) in [6, 6.07) is 12.9. The number of rotatable bonds is 3. The average Bonchev–Trinajstić information content (AvgIpc) is 2.58. The molecule has 1 aliphatic rings. The van der Waals surface area contributed by atoms with Crippen molar-refractivity contribution in [1.82, 2.24) is 9.78 Å². The first kappa shape index (κ1) is 16.4. The Morgan fingerprint density at radius 3 is 2.46 bits per heavy atom. The second-order valence-corrected chi connectivity index (χ2v) is 7.50. The second kappa shape index (κ2) is 6.60. The van der Waals surface area contributed by atoms with E-state index >= 15 is 0 Å². The largest absolute Gasteiger partial charge is 0.268 e. The van der Waals surface area contributed by atoms with E-state index in [9.17, 15) is 4.79 Å². The van der Waals surface area contributed by atoms with Crippen molar-refractivity contribution < 1.29 is 0 Å². The fourth-order valence-electron chi connectivity index (χ4n) is 3.35. The van der Waals surface area contributed by atoms with Gasteiger partial charge in [0.2, 0.25) is 0 Å². The van der Waals surface area contributed by atoms with Crippen LogP contribution >= 0.6 is 0 Å². The lowest BCUT2D eigenvalue weighted by Crippen LogP contribution is -2.26. The number of hydrogen-bond acceptors (Lipinski definition) is 3. The van der Waals surface area contributed by atoms with Gasteiger partial charge >= 0.3 is 0 Å². The SMILES string of the molecule is CC1(C)CCC(c2ccc(=O)n(Cc3ccc(C#N)cc3)n2)CC1. The molecular weight excluding hydrogens is 298 g/mol. The van der Waals surface area contributed by atoms with Gasteiger partial charge in [0.15, 0.2) is 0 Å². The molecule has 2 aromatic rings. The van der Waals surface area contributed by atoms with Crippen molar-refractivity contribution in [3.8, 4) is 6.07 Å². The number of nitrogens with zero attached hydrogens (tertiary/aromatic N) is 3. The Hall–Kier alpha value is -2.41. The Balaban J connectivity index is 1.79. The van der Waals surface area contributed by atoms with E-state index in [1.165, 1.54) is 17.5 Å². The van der Waals surface area contributed by atoms with Gasteiger partial charge < -0.3 is 0 Å². The highest BCUT2D eigenvalue weighted by atomic mass is 16.1. The predicted octanol–water partition coefficient (Wildman–Crippen LogP) is 3.85. The quantitative estimate of drug-likeness (QED) is 0.863. The van der Waals surface area contributed by atoms with Crippen LogP contribution in [0.4, 0.5) is 0 Å². The third-order valence-electron chi connectivity index (χ3n) is 5.06. The van der Waals surface area contributed by atoms with Crippen LogP contribution in [0, 0.1) is 16.7 Å². The highest BCUT2D eigenvalue weighted by molar-refractivity contribution is 5.31. The maximum absolute atomic E-state index is 12.1. The van der Waals surface area contributed by atoms with E-state index in [-0.39, 0.29) is 5.56 Å². The topological polar surface area (TPSA) is 58.7 Å². The summed E-state index contributed by atoms with van der Waals surface area (Å²) in [4.78, 5) is 12.1. The van der Waals surface area contributed by atoms with Crippen LogP contribution in [0.5, 0.6) is 0 Å². The standard InChI is InChI=1S/C20H23N3O/c1-20(2)11-9-17(10-12-20)18-7-8-19(24)23(22-18)14-16-5-3-15(13-21)4-6-16/h3-8,17H,9-12,14H2,1-2H3. The molecule has 4 nitrogen and oxygen atoms in total. The lowest BCUT2D eigenvalue weighted by atomic mass is 9.72. The molecule has 124 valence electrons. The summed E-state index contributed by atoms with van der Waals surface area (Å²) in [6.07, 6.45) is 4.67. The van der Waals surface area contributed by atoms with Gasteiger partial charge in [-0.05, 0) is 54.9 Å². The van der Waals surface area contributed by atoms with E-state index < -0.39 is 0 Å². The van der Waals surface area contributed by atoms with Crippen molar-refractivity contribution in [2.24, 2.45) is 5.41 Å². The lowest BCUT2D eigenvalue weighted by molar-refractivity contribution is 0.221.